The molecule has 0 N–H and O–H groups in total. The summed E-state index contributed by atoms with van der Waals surface area (Å²) in [7, 11) is 1.33. The summed E-state index contributed by atoms with van der Waals surface area (Å²) in [4.78, 5) is 22.9. The second-order valence-corrected chi connectivity index (χ2v) is 5.91. The SMILES string of the molecule is COC(=O)c1ccc(COc2cc3oc(=O)cc(C)c3cc2Cl)cc1. The number of halogens is 1. The number of ether oxygens (including phenoxy) is 2. The van der Waals surface area contributed by atoms with E-state index < -0.39 is 11.6 Å². The first-order valence-electron chi connectivity index (χ1n) is 7.52. The van der Waals surface area contributed by atoms with Gasteiger partial charge in [0, 0.05) is 17.5 Å². The standard InChI is InChI=1S/C19H15ClO5/c1-11-7-18(21)25-16-9-17(15(20)8-14(11)16)24-10-12-3-5-13(6-4-12)19(22)23-2/h3-9H,10H2,1-2H3. The van der Waals surface area contributed by atoms with Gasteiger partial charge in [-0.1, -0.05) is 23.7 Å². The lowest BCUT2D eigenvalue weighted by Crippen LogP contribution is -2.02. The number of methoxy groups -OCH3 is 1. The number of esters is 1. The Morgan fingerprint density at radius 2 is 1.88 bits per heavy atom. The maximum absolute atomic E-state index is 11.5. The minimum Gasteiger partial charge on any atom is -0.487 e. The van der Waals surface area contributed by atoms with Crippen molar-refractivity contribution in [1.29, 1.82) is 0 Å². The molecular weight excluding hydrogens is 344 g/mol. The average Bonchev–Trinajstić information content (AvgIpc) is 2.60. The van der Waals surface area contributed by atoms with Gasteiger partial charge in [0.1, 0.15) is 17.9 Å². The number of fused-ring (bicyclic) bond motifs is 1. The van der Waals surface area contributed by atoms with Crippen LogP contribution in [0.25, 0.3) is 11.0 Å². The van der Waals surface area contributed by atoms with Gasteiger partial charge in [0.05, 0.1) is 17.7 Å². The fourth-order valence-corrected chi connectivity index (χ4v) is 2.66. The summed E-state index contributed by atoms with van der Waals surface area (Å²) in [6, 6.07) is 11.6. The molecule has 0 spiro atoms. The minimum absolute atomic E-state index is 0.253. The van der Waals surface area contributed by atoms with Crippen LogP contribution >= 0.6 is 11.6 Å². The molecular formula is C19H15ClO5. The van der Waals surface area contributed by atoms with E-state index in [1.165, 1.54) is 13.2 Å². The van der Waals surface area contributed by atoms with Crippen LogP contribution in [-0.4, -0.2) is 13.1 Å². The Bertz CT molecular complexity index is 989. The van der Waals surface area contributed by atoms with Crippen molar-refractivity contribution in [1.82, 2.24) is 0 Å². The average molecular weight is 359 g/mol. The normalized spacial score (nSPS) is 10.7. The summed E-state index contributed by atoms with van der Waals surface area (Å²) in [5, 5.41) is 1.19. The van der Waals surface area contributed by atoms with E-state index in [9.17, 15) is 9.59 Å². The van der Waals surface area contributed by atoms with Crippen LogP contribution in [-0.2, 0) is 11.3 Å². The molecule has 3 rings (SSSR count). The van der Waals surface area contributed by atoms with E-state index in [-0.39, 0.29) is 6.61 Å². The second-order valence-electron chi connectivity index (χ2n) is 5.50. The van der Waals surface area contributed by atoms with E-state index in [4.69, 9.17) is 20.8 Å². The molecule has 3 aromatic rings. The third kappa shape index (κ3) is 3.67. The zero-order chi connectivity index (χ0) is 18.0. The summed E-state index contributed by atoms with van der Waals surface area (Å²) >= 11 is 6.26. The molecule has 25 heavy (non-hydrogen) atoms. The molecule has 0 fully saturated rings. The molecule has 5 nitrogen and oxygen atoms in total. The molecule has 0 aliphatic carbocycles. The van der Waals surface area contributed by atoms with Crippen molar-refractivity contribution in [2.45, 2.75) is 13.5 Å². The maximum Gasteiger partial charge on any atom is 0.337 e. The summed E-state index contributed by atoms with van der Waals surface area (Å²) in [5.41, 5.74) is 2.11. The zero-order valence-electron chi connectivity index (χ0n) is 13.7. The van der Waals surface area contributed by atoms with Gasteiger partial charge >= 0.3 is 11.6 Å². The van der Waals surface area contributed by atoms with Crippen LogP contribution in [0.3, 0.4) is 0 Å². The van der Waals surface area contributed by atoms with E-state index in [0.717, 1.165) is 16.5 Å². The van der Waals surface area contributed by atoms with Crippen LogP contribution in [0, 0.1) is 6.92 Å². The van der Waals surface area contributed by atoms with Crippen LogP contribution in [0.15, 0.2) is 51.7 Å². The lowest BCUT2D eigenvalue weighted by Gasteiger charge is -2.10. The Morgan fingerprint density at radius 3 is 2.56 bits per heavy atom. The topological polar surface area (TPSA) is 65.7 Å². The lowest BCUT2D eigenvalue weighted by atomic mass is 10.1. The van der Waals surface area contributed by atoms with Crippen LogP contribution in [0.4, 0.5) is 0 Å². The second kappa shape index (κ2) is 6.99. The molecule has 0 saturated heterocycles. The van der Waals surface area contributed by atoms with Gasteiger partial charge in [-0.15, -0.1) is 0 Å². The maximum atomic E-state index is 11.5. The number of rotatable bonds is 4. The molecule has 0 radical (unpaired) electrons. The van der Waals surface area contributed by atoms with Crippen molar-refractivity contribution < 1.29 is 18.7 Å². The van der Waals surface area contributed by atoms with Gasteiger partial charge in [-0.05, 0) is 36.2 Å². The summed E-state index contributed by atoms with van der Waals surface area (Å²) in [6.07, 6.45) is 0. The van der Waals surface area contributed by atoms with Gasteiger partial charge in [0.2, 0.25) is 0 Å². The molecule has 0 atom stereocenters. The lowest BCUT2D eigenvalue weighted by molar-refractivity contribution is 0.0600. The van der Waals surface area contributed by atoms with Crippen molar-refractivity contribution in [2.24, 2.45) is 0 Å². The third-order valence-electron chi connectivity index (χ3n) is 3.77. The molecule has 128 valence electrons. The smallest absolute Gasteiger partial charge is 0.337 e. The van der Waals surface area contributed by atoms with Crippen LogP contribution < -0.4 is 10.4 Å². The van der Waals surface area contributed by atoms with E-state index in [2.05, 4.69) is 4.74 Å². The first-order chi connectivity index (χ1) is 12.0. The fourth-order valence-electron chi connectivity index (χ4n) is 2.45. The number of carbonyl (C=O) groups is 1. The highest BCUT2D eigenvalue weighted by atomic mass is 35.5. The highest BCUT2D eigenvalue weighted by Crippen LogP contribution is 2.31. The van der Waals surface area contributed by atoms with E-state index in [1.54, 1.807) is 36.4 Å². The van der Waals surface area contributed by atoms with Gasteiger partial charge in [0.25, 0.3) is 0 Å². The number of benzene rings is 2. The number of aryl methyl sites for hydroxylation is 1. The van der Waals surface area contributed by atoms with Crippen molar-refractivity contribution in [3.05, 3.63) is 74.6 Å². The molecule has 1 heterocycles. The van der Waals surface area contributed by atoms with E-state index in [0.29, 0.717) is 21.9 Å². The monoisotopic (exact) mass is 358 g/mol. The van der Waals surface area contributed by atoms with E-state index in [1.807, 2.05) is 6.92 Å². The first kappa shape index (κ1) is 17.0. The summed E-state index contributed by atoms with van der Waals surface area (Å²) in [6.45, 7) is 2.07. The number of hydrogen-bond acceptors (Lipinski definition) is 5. The Hall–Kier alpha value is -2.79. The van der Waals surface area contributed by atoms with Gasteiger partial charge in [-0.25, -0.2) is 9.59 Å². The van der Waals surface area contributed by atoms with Crippen molar-refractivity contribution >= 4 is 28.5 Å². The molecule has 0 aliphatic rings. The van der Waals surface area contributed by atoms with Gasteiger partial charge in [-0.3, -0.25) is 0 Å². The van der Waals surface area contributed by atoms with Gasteiger partial charge < -0.3 is 13.9 Å². The Morgan fingerprint density at radius 1 is 1.16 bits per heavy atom. The van der Waals surface area contributed by atoms with Crippen LogP contribution in [0.1, 0.15) is 21.5 Å². The van der Waals surface area contributed by atoms with Crippen LogP contribution in [0.5, 0.6) is 5.75 Å². The van der Waals surface area contributed by atoms with Crippen molar-refractivity contribution in [3.8, 4) is 5.75 Å². The predicted octanol–water partition coefficient (Wildman–Crippen LogP) is 4.12. The third-order valence-corrected chi connectivity index (χ3v) is 4.07. The highest BCUT2D eigenvalue weighted by molar-refractivity contribution is 6.32. The van der Waals surface area contributed by atoms with Gasteiger partial charge in [0.15, 0.2) is 0 Å². The minimum atomic E-state index is -0.420. The molecule has 1 aromatic heterocycles. The molecule has 6 heteroatoms. The fraction of sp³-hybridized carbons (Fsp3) is 0.158. The summed E-state index contributed by atoms with van der Waals surface area (Å²) < 4.78 is 15.6. The van der Waals surface area contributed by atoms with Crippen LogP contribution in [0.2, 0.25) is 5.02 Å². The molecule has 0 amide bonds. The number of hydrogen-bond donors (Lipinski definition) is 0. The molecule has 0 aliphatic heterocycles. The zero-order valence-corrected chi connectivity index (χ0v) is 14.4. The molecule has 0 bridgehead atoms. The van der Waals surface area contributed by atoms with Crippen molar-refractivity contribution in [2.75, 3.05) is 7.11 Å². The van der Waals surface area contributed by atoms with E-state index >= 15 is 0 Å². The molecule has 2 aromatic carbocycles. The van der Waals surface area contributed by atoms with Gasteiger partial charge in [-0.2, -0.15) is 0 Å². The number of carbonyl (C=O) groups excluding carboxylic acids is 1. The quantitative estimate of drug-likeness (QED) is 0.518. The molecule has 0 unspecified atom stereocenters. The Balaban J connectivity index is 1.82. The predicted molar refractivity (Wildman–Crippen MR) is 94.3 cm³/mol. The molecule has 0 saturated carbocycles. The highest BCUT2D eigenvalue weighted by Gasteiger charge is 2.10. The Kier molecular flexibility index (Phi) is 4.76. The van der Waals surface area contributed by atoms with Crippen molar-refractivity contribution in [3.63, 3.8) is 0 Å². The largest absolute Gasteiger partial charge is 0.487 e. The summed E-state index contributed by atoms with van der Waals surface area (Å²) in [5.74, 6) is 0.0235. The Labute approximate surface area is 148 Å². The first-order valence-corrected chi connectivity index (χ1v) is 7.90.